The van der Waals surface area contributed by atoms with Crippen molar-refractivity contribution in [3.05, 3.63) is 53.4 Å². The van der Waals surface area contributed by atoms with Gasteiger partial charge in [0.15, 0.2) is 5.82 Å². The van der Waals surface area contributed by atoms with E-state index in [0.717, 1.165) is 31.5 Å². The van der Waals surface area contributed by atoms with Crippen LogP contribution < -0.4 is 25.0 Å². The molecule has 14 heteroatoms. The number of methoxy groups -OCH3 is 1. The summed E-state index contributed by atoms with van der Waals surface area (Å²) < 4.78 is 32.9. The fraction of sp³-hybridized carbons (Fsp3) is 0.419. The first-order valence-electron chi connectivity index (χ1n) is 15.1. The smallest absolute Gasteiger partial charge is 0.229 e. The number of aryl methyl sites for hydroxylation is 1. The van der Waals surface area contributed by atoms with Crippen molar-refractivity contribution in [1.29, 1.82) is 0 Å². The van der Waals surface area contributed by atoms with Gasteiger partial charge < -0.3 is 20.3 Å². The molecule has 3 aliphatic rings. The maximum absolute atomic E-state index is 12.2. The lowest BCUT2D eigenvalue weighted by Crippen LogP contribution is -2.64. The summed E-state index contributed by atoms with van der Waals surface area (Å²) >= 11 is 6.51. The van der Waals surface area contributed by atoms with E-state index in [2.05, 4.69) is 78.0 Å². The van der Waals surface area contributed by atoms with Gasteiger partial charge in [0.1, 0.15) is 16.3 Å². The van der Waals surface area contributed by atoms with Crippen molar-refractivity contribution in [3.63, 3.8) is 0 Å². The molecule has 2 unspecified atom stereocenters. The normalized spacial score (nSPS) is 18.4. The monoisotopic (exact) mass is 651 g/mol. The van der Waals surface area contributed by atoms with Crippen molar-refractivity contribution < 1.29 is 13.2 Å². The highest BCUT2D eigenvalue weighted by Crippen LogP contribution is 2.41. The third kappa shape index (κ3) is 6.42. The van der Waals surface area contributed by atoms with E-state index in [9.17, 15) is 8.42 Å². The van der Waals surface area contributed by atoms with Crippen LogP contribution in [0.1, 0.15) is 39.2 Å². The van der Waals surface area contributed by atoms with Gasteiger partial charge in [0, 0.05) is 55.4 Å². The van der Waals surface area contributed by atoms with Gasteiger partial charge in [-0.25, -0.2) is 13.4 Å². The molecule has 3 fully saturated rings. The summed E-state index contributed by atoms with van der Waals surface area (Å²) in [5.74, 6) is 1.25. The number of ether oxygens (including phenoxy) is 1. The molecule has 0 spiro atoms. The molecule has 3 saturated heterocycles. The van der Waals surface area contributed by atoms with E-state index in [4.69, 9.17) is 16.3 Å². The molecule has 12 nitrogen and oxygen atoms in total. The lowest BCUT2D eigenvalue weighted by atomic mass is 9.88. The Kier molecular flexibility index (Phi) is 8.59. The molecule has 2 bridgehead atoms. The standard InChI is InChI=1S/C31H38ClN9O3S/c1-6-19-13-25(27(44-4)14-26(19)41-17-20-7-8-21(41)16-40(20)18(2)3)37-31-35-15-22(32)30(38-31)36-24-10-9-23-28(34-12-11-33-23)29(24)39-45(5,42)43/h9-15,18,20-21,39H,6-8,16-17H2,1-5H3,(H2,35,36,37,38). The number of piperidine rings is 2. The molecule has 2 aromatic heterocycles. The second-order valence-corrected chi connectivity index (χ2v) is 13.9. The van der Waals surface area contributed by atoms with Crippen LogP contribution in [0, 0.1) is 0 Å². The molecule has 0 amide bonds. The SMILES string of the molecule is CCc1cc(Nc2ncc(Cl)c(Nc3ccc4nccnc4c3NS(C)(=O)=O)n2)c(OC)cc1N1CC2CCC1CN2C(C)C. The minimum atomic E-state index is -3.63. The second-order valence-electron chi connectivity index (χ2n) is 11.8. The molecule has 7 rings (SSSR count). The Hall–Kier alpha value is -3.94. The first-order valence-corrected chi connectivity index (χ1v) is 17.3. The first-order chi connectivity index (χ1) is 21.5. The fourth-order valence-electron chi connectivity index (χ4n) is 6.41. The molecular formula is C31H38ClN9O3S. The van der Waals surface area contributed by atoms with Gasteiger partial charge in [-0.2, -0.15) is 4.98 Å². The Balaban J connectivity index is 1.30. The highest BCUT2D eigenvalue weighted by molar-refractivity contribution is 7.92. The lowest BCUT2D eigenvalue weighted by Gasteiger charge is -2.54. The number of hydrogen-bond donors (Lipinski definition) is 3. The number of fused-ring (bicyclic) bond motifs is 4. The van der Waals surface area contributed by atoms with Crippen molar-refractivity contribution in [2.24, 2.45) is 0 Å². The van der Waals surface area contributed by atoms with Crippen LogP contribution in [-0.4, -0.2) is 77.8 Å². The van der Waals surface area contributed by atoms with Gasteiger partial charge in [0.25, 0.3) is 0 Å². The van der Waals surface area contributed by atoms with E-state index >= 15 is 0 Å². The van der Waals surface area contributed by atoms with Crippen LogP contribution in [0.3, 0.4) is 0 Å². The zero-order valence-electron chi connectivity index (χ0n) is 26.0. The van der Waals surface area contributed by atoms with E-state index in [0.29, 0.717) is 40.6 Å². The van der Waals surface area contributed by atoms with Gasteiger partial charge >= 0.3 is 0 Å². The number of sulfonamides is 1. The number of aromatic nitrogens is 4. The summed E-state index contributed by atoms with van der Waals surface area (Å²) in [7, 11) is -1.97. The molecular weight excluding hydrogens is 614 g/mol. The van der Waals surface area contributed by atoms with E-state index in [1.807, 2.05) is 0 Å². The maximum Gasteiger partial charge on any atom is 0.229 e. The highest BCUT2D eigenvalue weighted by atomic mass is 35.5. The number of benzene rings is 2. The van der Waals surface area contributed by atoms with E-state index < -0.39 is 10.0 Å². The summed E-state index contributed by atoms with van der Waals surface area (Å²) in [6.07, 6.45) is 8.88. The van der Waals surface area contributed by atoms with Gasteiger partial charge in [-0.05, 0) is 56.9 Å². The molecule has 0 saturated carbocycles. The van der Waals surface area contributed by atoms with Crippen LogP contribution >= 0.6 is 11.6 Å². The summed E-state index contributed by atoms with van der Waals surface area (Å²) in [5, 5.41) is 6.71. The Bertz CT molecular complexity index is 1840. The molecule has 0 aliphatic carbocycles. The Morgan fingerprint density at radius 2 is 1.82 bits per heavy atom. The van der Waals surface area contributed by atoms with Crippen LogP contribution in [0.2, 0.25) is 5.02 Å². The minimum absolute atomic E-state index is 0.236. The number of nitrogens with one attached hydrogen (secondary N) is 3. The Morgan fingerprint density at radius 1 is 1.04 bits per heavy atom. The Morgan fingerprint density at radius 3 is 2.51 bits per heavy atom. The third-order valence-corrected chi connectivity index (χ3v) is 9.35. The number of nitrogens with zero attached hydrogens (tertiary/aromatic N) is 6. The molecule has 238 valence electrons. The number of anilines is 6. The van der Waals surface area contributed by atoms with Crippen LogP contribution in [0.4, 0.5) is 34.5 Å². The number of rotatable bonds is 10. The average Bonchev–Trinajstić information content (AvgIpc) is 3.03. The summed E-state index contributed by atoms with van der Waals surface area (Å²) in [5.41, 5.74) is 4.71. The minimum Gasteiger partial charge on any atom is -0.494 e. The van der Waals surface area contributed by atoms with Crippen LogP contribution in [-0.2, 0) is 16.4 Å². The summed E-state index contributed by atoms with van der Waals surface area (Å²) in [6.45, 7) is 8.82. The van der Waals surface area contributed by atoms with Crippen LogP contribution in [0.5, 0.6) is 5.75 Å². The van der Waals surface area contributed by atoms with E-state index in [1.54, 1.807) is 25.4 Å². The van der Waals surface area contributed by atoms with Crippen molar-refractivity contribution in [2.45, 2.75) is 58.2 Å². The zero-order chi connectivity index (χ0) is 31.9. The van der Waals surface area contributed by atoms with Crippen LogP contribution in [0.25, 0.3) is 11.0 Å². The molecule has 0 radical (unpaired) electrons. The van der Waals surface area contributed by atoms with Gasteiger partial charge in [-0.3, -0.25) is 19.6 Å². The van der Waals surface area contributed by atoms with Gasteiger partial charge in [0.2, 0.25) is 16.0 Å². The highest BCUT2D eigenvalue weighted by Gasteiger charge is 2.40. The fourth-order valence-corrected chi connectivity index (χ4v) is 7.13. The third-order valence-electron chi connectivity index (χ3n) is 8.50. The predicted molar refractivity (Wildman–Crippen MR) is 180 cm³/mol. The van der Waals surface area contributed by atoms with Crippen molar-refractivity contribution in [2.75, 3.05) is 46.7 Å². The van der Waals surface area contributed by atoms with E-state index in [1.165, 1.54) is 36.5 Å². The van der Waals surface area contributed by atoms with Crippen molar-refractivity contribution in [3.8, 4) is 5.75 Å². The number of halogens is 1. The number of hydrogen-bond acceptors (Lipinski definition) is 11. The lowest BCUT2D eigenvalue weighted by molar-refractivity contribution is 0.0672. The zero-order valence-corrected chi connectivity index (χ0v) is 27.6. The van der Waals surface area contributed by atoms with Gasteiger partial charge in [0.05, 0.1) is 42.1 Å². The second kappa shape index (κ2) is 12.5. The molecule has 4 aromatic rings. The maximum atomic E-state index is 12.2. The quantitative estimate of drug-likeness (QED) is 0.199. The largest absolute Gasteiger partial charge is 0.494 e. The predicted octanol–water partition coefficient (Wildman–Crippen LogP) is 5.56. The molecule has 45 heavy (non-hydrogen) atoms. The molecule has 3 aliphatic heterocycles. The first kappa shape index (κ1) is 31.1. The summed E-state index contributed by atoms with van der Waals surface area (Å²) in [4.78, 5) is 22.9. The molecule has 3 N–H and O–H groups in total. The van der Waals surface area contributed by atoms with Crippen molar-refractivity contribution in [1.82, 2.24) is 24.8 Å². The molecule has 2 aromatic carbocycles. The van der Waals surface area contributed by atoms with Gasteiger partial charge in [-0.1, -0.05) is 18.5 Å². The topological polar surface area (TPSA) is 138 Å². The summed E-state index contributed by atoms with van der Waals surface area (Å²) in [6, 6.07) is 9.23. The Labute approximate surface area is 268 Å². The van der Waals surface area contributed by atoms with Crippen LogP contribution in [0.15, 0.2) is 42.9 Å². The number of piperazine rings is 1. The van der Waals surface area contributed by atoms with Gasteiger partial charge in [-0.15, -0.1) is 0 Å². The van der Waals surface area contributed by atoms with Crippen molar-refractivity contribution >= 4 is 67.2 Å². The average molecular weight is 652 g/mol. The van der Waals surface area contributed by atoms with E-state index in [-0.39, 0.29) is 22.5 Å². The molecule has 5 heterocycles. The molecule has 2 atom stereocenters.